The predicted molar refractivity (Wildman–Crippen MR) is 82.9 cm³/mol. The summed E-state index contributed by atoms with van der Waals surface area (Å²) in [6, 6.07) is 9.42. The van der Waals surface area contributed by atoms with E-state index >= 15 is 0 Å². The average Bonchev–Trinajstić information content (AvgIpc) is 2.56. The number of piperidine rings is 1. The van der Waals surface area contributed by atoms with Gasteiger partial charge in [-0.1, -0.05) is 30.3 Å². The molecular weight excluding hydrogens is 300 g/mol. The number of carbonyl (C=O) groups excluding carboxylic acids is 1. The van der Waals surface area contributed by atoms with Crippen LogP contribution in [0.4, 0.5) is 4.79 Å². The molecule has 3 N–H and O–H groups in total. The highest BCUT2D eigenvalue weighted by Gasteiger charge is 2.39. The highest BCUT2D eigenvalue weighted by molar-refractivity contribution is 5.77. The van der Waals surface area contributed by atoms with Crippen molar-refractivity contribution in [2.24, 2.45) is 0 Å². The van der Waals surface area contributed by atoms with E-state index in [0.717, 1.165) is 5.56 Å². The molecule has 1 aromatic rings. The van der Waals surface area contributed by atoms with Gasteiger partial charge in [0.1, 0.15) is 6.61 Å². The summed E-state index contributed by atoms with van der Waals surface area (Å²) >= 11 is 0. The van der Waals surface area contributed by atoms with Crippen molar-refractivity contribution in [2.45, 2.75) is 25.0 Å². The number of carbonyl (C=O) groups is 2. The third kappa shape index (κ3) is 5.22. The molecule has 7 heteroatoms. The molecule has 0 aromatic heterocycles. The molecule has 0 aliphatic carbocycles. The van der Waals surface area contributed by atoms with Crippen LogP contribution in [0.15, 0.2) is 30.3 Å². The fourth-order valence-corrected chi connectivity index (χ4v) is 2.45. The lowest BCUT2D eigenvalue weighted by atomic mass is 9.92. The first-order valence-electron chi connectivity index (χ1n) is 7.62. The van der Waals surface area contributed by atoms with Gasteiger partial charge in [-0.05, 0) is 18.4 Å². The molecule has 1 aliphatic heterocycles. The summed E-state index contributed by atoms with van der Waals surface area (Å²) in [4.78, 5) is 24.5. The van der Waals surface area contributed by atoms with Crippen LogP contribution in [0.1, 0.15) is 18.4 Å². The second-order valence-corrected chi connectivity index (χ2v) is 5.67. The highest BCUT2D eigenvalue weighted by Crippen LogP contribution is 2.21. The Balaban J connectivity index is 1.60. The molecule has 0 atom stereocenters. The number of carboxylic acids is 1. The summed E-state index contributed by atoms with van der Waals surface area (Å²) in [6.07, 6.45) is -0.0883. The molecule has 7 nitrogen and oxygen atoms in total. The van der Waals surface area contributed by atoms with E-state index in [1.807, 2.05) is 35.2 Å². The molecule has 0 radical (unpaired) electrons. The van der Waals surface area contributed by atoms with Crippen LogP contribution in [0.25, 0.3) is 0 Å². The summed E-state index contributed by atoms with van der Waals surface area (Å²) in [5.41, 5.74) is -0.690. The van der Waals surface area contributed by atoms with E-state index in [1.165, 1.54) is 0 Å². The summed E-state index contributed by atoms with van der Waals surface area (Å²) in [7, 11) is 0. The number of aliphatic carboxylic acids is 1. The highest BCUT2D eigenvalue weighted by atomic mass is 16.5. The smallest absolute Gasteiger partial charge is 0.407 e. The third-order valence-corrected chi connectivity index (χ3v) is 3.99. The fraction of sp³-hybridized carbons (Fsp3) is 0.500. The quantitative estimate of drug-likeness (QED) is 0.717. The zero-order chi connectivity index (χ0) is 16.7. The Morgan fingerprint density at radius 3 is 2.48 bits per heavy atom. The standard InChI is InChI=1S/C16H22N2O5/c19-14(20)16(22)6-9-18(10-7-16)11-8-17-15(21)23-12-13-4-2-1-3-5-13/h1-5,22H,6-12H2,(H,17,21)(H,19,20). The number of rotatable bonds is 6. The number of amides is 1. The summed E-state index contributed by atoms with van der Waals surface area (Å²) < 4.78 is 5.10. The molecule has 126 valence electrons. The number of aliphatic hydroxyl groups is 1. The van der Waals surface area contributed by atoms with Crippen molar-refractivity contribution in [3.05, 3.63) is 35.9 Å². The van der Waals surface area contributed by atoms with Crippen molar-refractivity contribution in [1.82, 2.24) is 10.2 Å². The molecule has 1 fully saturated rings. The maximum Gasteiger partial charge on any atom is 0.407 e. The first-order chi connectivity index (χ1) is 11.0. The van der Waals surface area contributed by atoms with Gasteiger partial charge < -0.3 is 25.2 Å². The molecule has 0 spiro atoms. The molecule has 1 saturated heterocycles. The summed E-state index contributed by atoms with van der Waals surface area (Å²) in [5, 5.41) is 21.4. The van der Waals surface area contributed by atoms with Crippen LogP contribution in [0.5, 0.6) is 0 Å². The Labute approximate surface area is 134 Å². The van der Waals surface area contributed by atoms with Crippen LogP contribution >= 0.6 is 0 Å². The van der Waals surface area contributed by atoms with Crippen molar-refractivity contribution in [3.63, 3.8) is 0 Å². The maximum atomic E-state index is 11.6. The van der Waals surface area contributed by atoms with Gasteiger partial charge in [0, 0.05) is 26.2 Å². The van der Waals surface area contributed by atoms with Crippen molar-refractivity contribution in [3.8, 4) is 0 Å². The molecule has 23 heavy (non-hydrogen) atoms. The zero-order valence-corrected chi connectivity index (χ0v) is 12.9. The predicted octanol–water partition coefficient (Wildman–Crippen LogP) is 0.824. The minimum Gasteiger partial charge on any atom is -0.479 e. The van der Waals surface area contributed by atoms with Crippen molar-refractivity contribution < 1.29 is 24.5 Å². The van der Waals surface area contributed by atoms with Gasteiger partial charge in [-0.3, -0.25) is 0 Å². The second kappa shape index (κ2) is 7.94. The fourth-order valence-electron chi connectivity index (χ4n) is 2.45. The lowest BCUT2D eigenvalue weighted by Crippen LogP contribution is -2.50. The number of hydrogen-bond donors (Lipinski definition) is 3. The molecule has 1 heterocycles. The van der Waals surface area contributed by atoms with Gasteiger partial charge in [0.05, 0.1) is 0 Å². The zero-order valence-electron chi connectivity index (χ0n) is 12.9. The summed E-state index contributed by atoms with van der Waals surface area (Å²) in [6.45, 7) is 2.21. The number of ether oxygens (including phenoxy) is 1. The van der Waals surface area contributed by atoms with Crippen LogP contribution in [0.2, 0.25) is 0 Å². The van der Waals surface area contributed by atoms with Gasteiger partial charge in [-0.15, -0.1) is 0 Å². The molecule has 1 amide bonds. The molecule has 0 unspecified atom stereocenters. The van der Waals surface area contributed by atoms with E-state index in [4.69, 9.17) is 9.84 Å². The Morgan fingerprint density at radius 1 is 1.22 bits per heavy atom. The Kier molecular flexibility index (Phi) is 5.95. The second-order valence-electron chi connectivity index (χ2n) is 5.67. The average molecular weight is 322 g/mol. The number of nitrogens with zero attached hydrogens (tertiary/aromatic N) is 1. The van der Waals surface area contributed by atoms with Gasteiger partial charge in [0.2, 0.25) is 0 Å². The Morgan fingerprint density at radius 2 is 1.87 bits per heavy atom. The minimum absolute atomic E-state index is 0.195. The molecule has 0 bridgehead atoms. The number of likely N-dealkylation sites (tertiary alicyclic amines) is 1. The monoisotopic (exact) mass is 322 g/mol. The van der Waals surface area contributed by atoms with E-state index in [9.17, 15) is 14.7 Å². The van der Waals surface area contributed by atoms with E-state index in [1.54, 1.807) is 0 Å². The van der Waals surface area contributed by atoms with Gasteiger partial charge in [0.15, 0.2) is 5.60 Å². The maximum absolute atomic E-state index is 11.6. The van der Waals surface area contributed by atoms with Crippen molar-refractivity contribution in [2.75, 3.05) is 26.2 Å². The van der Waals surface area contributed by atoms with Crippen LogP contribution < -0.4 is 5.32 Å². The van der Waals surface area contributed by atoms with Gasteiger partial charge in [-0.2, -0.15) is 0 Å². The van der Waals surface area contributed by atoms with Crippen LogP contribution in [0.3, 0.4) is 0 Å². The number of benzene rings is 1. The third-order valence-electron chi connectivity index (χ3n) is 3.99. The van der Waals surface area contributed by atoms with E-state index in [0.29, 0.717) is 26.2 Å². The SMILES string of the molecule is O=C(NCCN1CCC(O)(C(=O)O)CC1)OCc1ccccc1. The minimum atomic E-state index is -1.61. The molecule has 1 aromatic carbocycles. The molecular formula is C16H22N2O5. The van der Waals surface area contributed by atoms with Crippen LogP contribution in [-0.4, -0.2) is 59.0 Å². The largest absolute Gasteiger partial charge is 0.479 e. The lowest BCUT2D eigenvalue weighted by molar-refractivity contribution is -0.163. The van der Waals surface area contributed by atoms with E-state index in [-0.39, 0.29) is 19.4 Å². The molecule has 2 rings (SSSR count). The Hall–Kier alpha value is -2.12. The first-order valence-corrected chi connectivity index (χ1v) is 7.62. The lowest BCUT2D eigenvalue weighted by Gasteiger charge is -2.35. The van der Waals surface area contributed by atoms with E-state index in [2.05, 4.69) is 5.32 Å². The number of alkyl carbamates (subject to hydrolysis) is 1. The molecule has 0 saturated carbocycles. The normalized spacial score (nSPS) is 17.4. The van der Waals surface area contributed by atoms with E-state index < -0.39 is 17.7 Å². The van der Waals surface area contributed by atoms with Gasteiger partial charge in [0.25, 0.3) is 0 Å². The number of carboxylic acid groups (broad SMARTS) is 1. The first kappa shape index (κ1) is 17.2. The number of nitrogens with one attached hydrogen (secondary N) is 1. The molecule has 1 aliphatic rings. The van der Waals surface area contributed by atoms with Gasteiger partial charge >= 0.3 is 12.1 Å². The van der Waals surface area contributed by atoms with Gasteiger partial charge in [-0.25, -0.2) is 9.59 Å². The van der Waals surface area contributed by atoms with Crippen LogP contribution in [0, 0.1) is 0 Å². The van der Waals surface area contributed by atoms with Crippen LogP contribution in [-0.2, 0) is 16.1 Å². The van der Waals surface area contributed by atoms with Crippen molar-refractivity contribution in [1.29, 1.82) is 0 Å². The number of hydrogen-bond acceptors (Lipinski definition) is 5. The summed E-state index contributed by atoms with van der Waals surface area (Å²) in [5.74, 6) is -1.17. The topological polar surface area (TPSA) is 99.1 Å². The van der Waals surface area contributed by atoms with Crippen molar-refractivity contribution >= 4 is 12.1 Å². The Bertz CT molecular complexity index is 527.